The molecule has 0 aliphatic rings. The topological polar surface area (TPSA) is 58.6 Å². The summed E-state index contributed by atoms with van der Waals surface area (Å²) < 4.78 is 5.05. The van der Waals surface area contributed by atoms with Crippen LogP contribution in [0.3, 0.4) is 0 Å². The van der Waals surface area contributed by atoms with Crippen molar-refractivity contribution in [2.24, 2.45) is 0 Å². The molecule has 1 atom stereocenters. The summed E-state index contributed by atoms with van der Waals surface area (Å²) >= 11 is 0. The second-order valence-electron chi connectivity index (χ2n) is 4.97. The molecule has 0 aliphatic carbocycles. The van der Waals surface area contributed by atoms with Crippen molar-refractivity contribution in [1.29, 1.82) is 0 Å². The van der Waals surface area contributed by atoms with Crippen molar-refractivity contribution >= 4 is 5.91 Å². The Morgan fingerprint density at radius 3 is 2.39 bits per heavy atom. The Morgan fingerprint density at radius 2 is 1.94 bits per heavy atom. The molecule has 0 fully saturated rings. The molecule has 0 saturated carbocycles. The van der Waals surface area contributed by atoms with Gasteiger partial charge in [0.15, 0.2) is 0 Å². The number of aliphatic hydroxyl groups is 1. The smallest absolute Gasteiger partial charge is 0.224 e. The van der Waals surface area contributed by atoms with E-state index in [1.165, 1.54) is 0 Å². The summed E-state index contributed by atoms with van der Waals surface area (Å²) in [5.41, 5.74) is 0.290. The molecule has 1 unspecified atom stereocenters. The van der Waals surface area contributed by atoms with Gasteiger partial charge in [0.2, 0.25) is 5.91 Å². The molecule has 0 aliphatic heterocycles. The largest absolute Gasteiger partial charge is 0.497 e. The number of nitrogens with one attached hydrogen (secondary N) is 1. The fraction of sp³-hybridized carbons (Fsp3) is 0.500. The lowest BCUT2D eigenvalue weighted by molar-refractivity contribution is -0.123. The van der Waals surface area contributed by atoms with Crippen LogP contribution in [0.4, 0.5) is 0 Å². The quantitative estimate of drug-likeness (QED) is 0.834. The van der Waals surface area contributed by atoms with Gasteiger partial charge in [0, 0.05) is 0 Å². The molecular formula is C14H21NO3. The van der Waals surface area contributed by atoms with Gasteiger partial charge in [-0.15, -0.1) is 0 Å². The molecule has 0 spiro atoms. The van der Waals surface area contributed by atoms with Crippen molar-refractivity contribution in [3.05, 3.63) is 29.8 Å². The van der Waals surface area contributed by atoms with E-state index < -0.39 is 11.6 Å². The van der Waals surface area contributed by atoms with E-state index in [1.807, 2.05) is 24.3 Å². The van der Waals surface area contributed by atoms with Gasteiger partial charge in [0.1, 0.15) is 5.75 Å². The first-order chi connectivity index (χ1) is 8.35. The lowest BCUT2D eigenvalue weighted by Gasteiger charge is -2.29. The summed E-state index contributed by atoms with van der Waals surface area (Å²) in [6, 6.07) is 7.35. The third kappa shape index (κ3) is 4.04. The van der Waals surface area contributed by atoms with Gasteiger partial charge in [-0.1, -0.05) is 12.1 Å². The number of ether oxygens (including phenoxy) is 1. The van der Waals surface area contributed by atoms with Crippen LogP contribution in [0.5, 0.6) is 5.75 Å². The van der Waals surface area contributed by atoms with Gasteiger partial charge in [0.05, 0.1) is 25.2 Å². The third-order valence-electron chi connectivity index (χ3n) is 3.03. The van der Waals surface area contributed by atoms with E-state index in [0.29, 0.717) is 6.42 Å². The standard InChI is InChI=1S/C14H21NO3/c1-10(16)14(2,3)15-13(17)9-11-5-7-12(18-4)8-6-11/h5-8,10,16H,9H2,1-4H3,(H,15,17). The zero-order chi connectivity index (χ0) is 13.8. The van der Waals surface area contributed by atoms with Crippen LogP contribution in [-0.2, 0) is 11.2 Å². The van der Waals surface area contributed by atoms with Crippen molar-refractivity contribution in [3.8, 4) is 5.75 Å². The van der Waals surface area contributed by atoms with E-state index in [4.69, 9.17) is 4.74 Å². The van der Waals surface area contributed by atoms with Crippen molar-refractivity contribution in [1.82, 2.24) is 5.32 Å². The Morgan fingerprint density at radius 1 is 1.39 bits per heavy atom. The minimum atomic E-state index is -0.621. The van der Waals surface area contributed by atoms with Crippen molar-refractivity contribution in [2.75, 3.05) is 7.11 Å². The minimum absolute atomic E-state index is 0.105. The first-order valence-corrected chi connectivity index (χ1v) is 5.97. The first-order valence-electron chi connectivity index (χ1n) is 5.97. The highest BCUT2D eigenvalue weighted by Gasteiger charge is 2.25. The Kier molecular flexibility index (Phi) is 4.73. The summed E-state index contributed by atoms with van der Waals surface area (Å²) in [6.07, 6.45) is -0.308. The molecule has 100 valence electrons. The van der Waals surface area contributed by atoms with E-state index in [1.54, 1.807) is 27.9 Å². The summed E-state index contributed by atoms with van der Waals surface area (Å²) in [7, 11) is 1.60. The number of aliphatic hydroxyl groups excluding tert-OH is 1. The number of hydrogen-bond acceptors (Lipinski definition) is 3. The van der Waals surface area contributed by atoms with Crippen LogP contribution in [0.15, 0.2) is 24.3 Å². The number of rotatable bonds is 5. The highest BCUT2D eigenvalue weighted by Crippen LogP contribution is 2.13. The third-order valence-corrected chi connectivity index (χ3v) is 3.03. The number of carbonyl (C=O) groups is 1. The van der Waals surface area contributed by atoms with Gasteiger partial charge in [0.25, 0.3) is 0 Å². The summed E-state index contributed by atoms with van der Waals surface area (Å²) in [5, 5.41) is 12.3. The fourth-order valence-corrected chi connectivity index (χ4v) is 1.44. The van der Waals surface area contributed by atoms with Crippen LogP contribution in [0.1, 0.15) is 26.3 Å². The maximum Gasteiger partial charge on any atom is 0.224 e. The van der Waals surface area contributed by atoms with E-state index in [-0.39, 0.29) is 5.91 Å². The van der Waals surface area contributed by atoms with Crippen molar-refractivity contribution in [2.45, 2.75) is 38.8 Å². The molecule has 4 nitrogen and oxygen atoms in total. The molecule has 18 heavy (non-hydrogen) atoms. The molecule has 1 aromatic rings. The van der Waals surface area contributed by atoms with Crippen LogP contribution in [0.25, 0.3) is 0 Å². The van der Waals surface area contributed by atoms with E-state index in [9.17, 15) is 9.90 Å². The minimum Gasteiger partial charge on any atom is -0.497 e. The average molecular weight is 251 g/mol. The van der Waals surface area contributed by atoms with E-state index in [2.05, 4.69) is 5.32 Å². The Hall–Kier alpha value is -1.55. The van der Waals surface area contributed by atoms with Crippen LogP contribution >= 0.6 is 0 Å². The molecule has 0 aromatic heterocycles. The SMILES string of the molecule is COc1ccc(CC(=O)NC(C)(C)C(C)O)cc1. The molecule has 1 amide bonds. The number of hydrogen-bond donors (Lipinski definition) is 2. The van der Waals surface area contributed by atoms with Crippen LogP contribution in [0.2, 0.25) is 0 Å². The number of benzene rings is 1. The number of carbonyl (C=O) groups excluding carboxylic acids is 1. The summed E-state index contributed by atoms with van der Waals surface area (Å²) in [5.74, 6) is 0.662. The number of amides is 1. The van der Waals surface area contributed by atoms with Crippen molar-refractivity contribution < 1.29 is 14.6 Å². The lowest BCUT2D eigenvalue weighted by atomic mass is 9.98. The molecule has 4 heteroatoms. The van der Waals surface area contributed by atoms with Crippen molar-refractivity contribution in [3.63, 3.8) is 0 Å². The van der Waals surface area contributed by atoms with E-state index in [0.717, 1.165) is 11.3 Å². The van der Waals surface area contributed by atoms with Gasteiger partial charge in [-0.2, -0.15) is 0 Å². The molecule has 1 aromatic carbocycles. The van der Waals surface area contributed by atoms with Gasteiger partial charge in [-0.05, 0) is 38.5 Å². The van der Waals surface area contributed by atoms with E-state index >= 15 is 0 Å². The monoisotopic (exact) mass is 251 g/mol. The predicted octanol–water partition coefficient (Wildman–Crippen LogP) is 1.51. The highest BCUT2D eigenvalue weighted by molar-refractivity contribution is 5.79. The molecule has 1 rings (SSSR count). The van der Waals surface area contributed by atoms with Crippen LogP contribution in [0, 0.1) is 0 Å². The Bertz CT molecular complexity index is 396. The van der Waals surface area contributed by atoms with Gasteiger partial charge < -0.3 is 15.2 Å². The van der Waals surface area contributed by atoms with Gasteiger partial charge >= 0.3 is 0 Å². The maximum atomic E-state index is 11.8. The summed E-state index contributed by atoms with van der Waals surface area (Å²) in [6.45, 7) is 5.25. The van der Waals surface area contributed by atoms with Gasteiger partial charge in [-0.25, -0.2) is 0 Å². The molecule has 0 bridgehead atoms. The normalized spacial score (nSPS) is 12.9. The molecule has 0 saturated heterocycles. The van der Waals surface area contributed by atoms with Gasteiger partial charge in [-0.3, -0.25) is 4.79 Å². The molecular weight excluding hydrogens is 230 g/mol. The number of methoxy groups -OCH3 is 1. The Labute approximate surface area is 108 Å². The fourth-order valence-electron chi connectivity index (χ4n) is 1.44. The molecule has 0 radical (unpaired) electrons. The molecule has 2 N–H and O–H groups in total. The zero-order valence-electron chi connectivity index (χ0n) is 11.4. The second-order valence-corrected chi connectivity index (χ2v) is 4.97. The predicted molar refractivity (Wildman–Crippen MR) is 70.6 cm³/mol. The summed E-state index contributed by atoms with van der Waals surface area (Å²) in [4.78, 5) is 11.8. The highest BCUT2D eigenvalue weighted by atomic mass is 16.5. The van der Waals surface area contributed by atoms with Crippen LogP contribution < -0.4 is 10.1 Å². The Balaban J connectivity index is 2.59. The lowest BCUT2D eigenvalue weighted by Crippen LogP contribution is -2.51. The molecule has 0 heterocycles. The second kappa shape index (κ2) is 5.87. The first kappa shape index (κ1) is 14.5. The maximum absolute atomic E-state index is 11.8. The van der Waals surface area contributed by atoms with Crippen LogP contribution in [-0.4, -0.2) is 29.8 Å². The zero-order valence-corrected chi connectivity index (χ0v) is 11.4. The average Bonchev–Trinajstić information content (AvgIpc) is 2.29.